The molecule has 14 heavy (non-hydrogen) atoms. The minimum Gasteiger partial charge on any atom is -0.506 e. The summed E-state index contributed by atoms with van der Waals surface area (Å²) >= 11 is 0. The van der Waals surface area contributed by atoms with Gasteiger partial charge in [0.25, 0.3) is 0 Å². The molecule has 0 aliphatic heterocycles. The summed E-state index contributed by atoms with van der Waals surface area (Å²) in [5, 5.41) is 9.74. The number of aromatic nitrogens is 1. The molecule has 1 rings (SSSR count). The van der Waals surface area contributed by atoms with Crippen molar-refractivity contribution in [1.82, 2.24) is 4.98 Å². The minimum absolute atomic E-state index is 0.0140. The second kappa shape index (κ2) is 4.45. The van der Waals surface area contributed by atoms with E-state index in [9.17, 15) is 5.11 Å². The van der Waals surface area contributed by atoms with E-state index in [-0.39, 0.29) is 5.41 Å². The highest BCUT2D eigenvalue weighted by atomic mass is 16.3. The van der Waals surface area contributed by atoms with E-state index >= 15 is 0 Å². The molecule has 0 aliphatic carbocycles. The molecule has 0 saturated heterocycles. The van der Waals surface area contributed by atoms with E-state index in [0.717, 1.165) is 25.0 Å². The van der Waals surface area contributed by atoms with Crippen molar-refractivity contribution in [3.8, 4) is 5.75 Å². The molecule has 2 heteroatoms. The van der Waals surface area contributed by atoms with Crippen LogP contribution in [0.15, 0.2) is 18.3 Å². The highest BCUT2D eigenvalue weighted by Crippen LogP contribution is 2.35. The van der Waals surface area contributed by atoms with E-state index in [1.807, 2.05) is 0 Å². The lowest BCUT2D eigenvalue weighted by molar-refractivity contribution is 0.371. The number of aromatic hydroxyl groups is 1. The predicted octanol–water partition coefficient (Wildman–Crippen LogP) is 3.26. The van der Waals surface area contributed by atoms with Gasteiger partial charge in [0, 0.05) is 11.6 Å². The van der Waals surface area contributed by atoms with Crippen molar-refractivity contribution in [1.29, 1.82) is 0 Å². The molecular weight excluding hydrogens is 174 g/mol. The maximum Gasteiger partial charge on any atom is 0.137 e. The van der Waals surface area contributed by atoms with Gasteiger partial charge in [-0.25, -0.2) is 0 Å². The van der Waals surface area contributed by atoms with E-state index in [2.05, 4.69) is 25.8 Å². The Hall–Kier alpha value is -1.05. The largest absolute Gasteiger partial charge is 0.506 e. The fourth-order valence-corrected chi connectivity index (χ4v) is 1.88. The molecule has 0 bridgehead atoms. The van der Waals surface area contributed by atoms with Crippen LogP contribution in [0.3, 0.4) is 0 Å². The van der Waals surface area contributed by atoms with E-state index in [1.54, 1.807) is 18.3 Å². The van der Waals surface area contributed by atoms with E-state index in [1.165, 1.54) is 0 Å². The standard InChI is InChI=1S/C12H19NO/c1-4-8-12(3,5-2)11-10(14)7-6-9-13-11/h6-7,9,14H,4-5,8H2,1-3H3. The monoisotopic (exact) mass is 193 g/mol. The zero-order valence-corrected chi connectivity index (χ0v) is 9.25. The molecule has 0 fully saturated rings. The van der Waals surface area contributed by atoms with Crippen LogP contribution in [0.5, 0.6) is 5.75 Å². The second-order valence-corrected chi connectivity index (χ2v) is 4.04. The molecule has 1 N–H and O–H groups in total. The number of hydrogen-bond donors (Lipinski definition) is 1. The minimum atomic E-state index is 0.0140. The van der Waals surface area contributed by atoms with Gasteiger partial charge in [0.05, 0.1) is 5.69 Å². The Balaban J connectivity index is 3.05. The average molecular weight is 193 g/mol. The zero-order chi connectivity index (χ0) is 10.6. The number of pyridine rings is 1. The topological polar surface area (TPSA) is 33.1 Å². The molecule has 1 unspecified atom stereocenters. The normalized spacial score (nSPS) is 15.1. The summed E-state index contributed by atoms with van der Waals surface area (Å²) in [6, 6.07) is 3.48. The number of rotatable bonds is 4. The first-order valence-corrected chi connectivity index (χ1v) is 5.28. The van der Waals surface area contributed by atoms with Crippen molar-refractivity contribution in [3.05, 3.63) is 24.0 Å². The molecule has 0 aliphatic rings. The van der Waals surface area contributed by atoms with Crippen molar-refractivity contribution in [3.63, 3.8) is 0 Å². The van der Waals surface area contributed by atoms with Crippen LogP contribution in [-0.4, -0.2) is 10.1 Å². The summed E-state index contributed by atoms with van der Waals surface area (Å²) in [7, 11) is 0. The lowest BCUT2D eigenvalue weighted by atomic mass is 9.79. The lowest BCUT2D eigenvalue weighted by Gasteiger charge is -2.27. The quantitative estimate of drug-likeness (QED) is 0.796. The molecule has 1 atom stereocenters. The van der Waals surface area contributed by atoms with Gasteiger partial charge in [-0.2, -0.15) is 0 Å². The van der Waals surface area contributed by atoms with Gasteiger partial charge in [-0.3, -0.25) is 4.98 Å². The van der Waals surface area contributed by atoms with Crippen LogP contribution < -0.4 is 0 Å². The first-order chi connectivity index (χ1) is 6.64. The molecular formula is C12H19NO. The van der Waals surface area contributed by atoms with Crippen molar-refractivity contribution < 1.29 is 5.11 Å². The van der Waals surface area contributed by atoms with Gasteiger partial charge in [0.15, 0.2) is 0 Å². The summed E-state index contributed by atoms with van der Waals surface area (Å²) in [5.41, 5.74) is 0.851. The molecule has 1 aromatic rings. The third kappa shape index (κ3) is 2.06. The molecule has 0 radical (unpaired) electrons. The fourth-order valence-electron chi connectivity index (χ4n) is 1.88. The summed E-state index contributed by atoms with van der Waals surface area (Å²) < 4.78 is 0. The molecule has 0 aromatic carbocycles. The Kier molecular flexibility index (Phi) is 3.50. The van der Waals surface area contributed by atoms with E-state index in [4.69, 9.17) is 0 Å². The molecule has 0 saturated carbocycles. The van der Waals surface area contributed by atoms with E-state index in [0.29, 0.717) is 5.75 Å². The summed E-state index contributed by atoms with van der Waals surface area (Å²) in [6.45, 7) is 6.47. The van der Waals surface area contributed by atoms with Gasteiger partial charge in [0.2, 0.25) is 0 Å². The van der Waals surface area contributed by atoms with Crippen LogP contribution in [0.4, 0.5) is 0 Å². The third-order valence-corrected chi connectivity index (χ3v) is 2.94. The highest BCUT2D eigenvalue weighted by Gasteiger charge is 2.27. The van der Waals surface area contributed by atoms with Gasteiger partial charge >= 0.3 is 0 Å². The van der Waals surface area contributed by atoms with Crippen LogP contribution >= 0.6 is 0 Å². The molecule has 0 spiro atoms. The van der Waals surface area contributed by atoms with Crippen molar-refractivity contribution in [2.45, 2.75) is 45.4 Å². The van der Waals surface area contributed by atoms with Gasteiger partial charge in [-0.05, 0) is 25.0 Å². The van der Waals surface area contributed by atoms with Crippen molar-refractivity contribution >= 4 is 0 Å². The van der Waals surface area contributed by atoms with Crippen LogP contribution in [0.1, 0.15) is 45.7 Å². The second-order valence-electron chi connectivity index (χ2n) is 4.04. The van der Waals surface area contributed by atoms with Gasteiger partial charge in [-0.15, -0.1) is 0 Å². The molecule has 1 heterocycles. The Labute approximate surface area is 86.0 Å². The SMILES string of the molecule is CCCC(C)(CC)c1ncccc1O. The Morgan fingerprint density at radius 2 is 2.14 bits per heavy atom. The predicted molar refractivity (Wildman–Crippen MR) is 58.5 cm³/mol. The zero-order valence-electron chi connectivity index (χ0n) is 9.25. The Morgan fingerprint density at radius 3 is 2.64 bits per heavy atom. The van der Waals surface area contributed by atoms with Crippen LogP contribution in [0, 0.1) is 0 Å². The smallest absolute Gasteiger partial charge is 0.137 e. The Morgan fingerprint density at radius 1 is 1.43 bits per heavy atom. The van der Waals surface area contributed by atoms with Crippen molar-refractivity contribution in [2.75, 3.05) is 0 Å². The van der Waals surface area contributed by atoms with Crippen LogP contribution in [0.25, 0.3) is 0 Å². The summed E-state index contributed by atoms with van der Waals surface area (Å²) in [5.74, 6) is 0.324. The third-order valence-electron chi connectivity index (χ3n) is 2.94. The number of nitrogens with zero attached hydrogens (tertiary/aromatic N) is 1. The first-order valence-electron chi connectivity index (χ1n) is 5.28. The molecule has 1 aromatic heterocycles. The van der Waals surface area contributed by atoms with E-state index < -0.39 is 0 Å². The molecule has 2 nitrogen and oxygen atoms in total. The number of hydrogen-bond acceptors (Lipinski definition) is 2. The van der Waals surface area contributed by atoms with Gasteiger partial charge < -0.3 is 5.11 Å². The highest BCUT2D eigenvalue weighted by molar-refractivity contribution is 5.31. The van der Waals surface area contributed by atoms with Crippen LogP contribution in [0.2, 0.25) is 0 Å². The van der Waals surface area contributed by atoms with Gasteiger partial charge in [0.1, 0.15) is 5.75 Å². The average Bonchev–Trinajstić information content (AvgIpc) is 2.18. The van der Waals surface area contributed by atoms with Crippen molar-refractivity contribution in [2.24, 2.45) is 0 Å². The first kappa shape index (κ1) is 11.0. The molecule has 78 valence electrons. The van der Waals surface area contributed by atoms with Crippen LogP contribution in [-0.2, 0) is 5.41 Å². The molecule has 0 amide bonds. The lowest BCUT2D eigenvalue weighted by Crippen LogP contribution is -2.22. The maximum atomic E-state index is 9.74. The summed E-state index contributed by atoms with van der Waals surface area (Å²) in [6.07, 6.45) is 4.93. The fraction of sp³-hybridized carbons (Fsp3) is 0.583. The Bertz CT molecular complexity index is 298. The van der Waals surface area contributed by atoms with Gasteiger partial charge in [-0.1, -0.05) is 27.2 Å². The summed E-state index contributed by atoms with van der Waals surface area (Å²) in [4.78, 5) is 4.29. The maximum absolute atomic E-state index is 9.74.